The third-order valence-corrected chi connectivity index (χ3v) is 3.50. The van der Waals surface area contributed by atoms with Crippen LogP contribution in [0.15, 0.2) is 28.9 Å². The summed E-state index contributed by atoms with van der Waals surface area (Å²) in [6, 6.07) is 5.52. The molecule has 0 radical (unpaired) electrons. The molecule has 0 bridgehead atoms. The first kappa shape index (κ1) is 16.0. The minimum atomic E-state index is -0.0840. The Morgan fingerprint density at radius 1 is 1.27 bits per heavy atom. The van der Waals surface area contributed by atoms with E-state index in [0.29, 0.717) is 12.1 Å². The Hall–Kier alpha value is -2.37. The van der Waals surface area contributed by atoms with E-state index in [1.807, 2.05) is 25.1 Å². The highest BCUT2D eigenvalue weighted by Crippen LogP contribution is 2.13. The first-order valence-electron chi connectivity index (χ1n) is 7.43. The molecule has 0 unspecified atom stereocenters. The van der Waals surface area contributed by atoms with Gasteiger partial charge in [-0.15, -0.1) is 0 Å². The lowest BCUT2D eigenvalue weighted by atomic mass is 10.2. The zero-order valence-electron chi connectivity index (χ0n) is 13.5. The van der Waals surface area contributed by atoms with Crippen molar-refractivity contribution in [3.05, 3.63) is 41.4 Å². The molecular formula is C16H22N4O2. The van der Waals surface area contributed by atoms with Crippen molar-refractivity contribution < 1.29 is 9.32 Å². The fourth-order valence-electron chi connectivity index (χ4n) is 2.27. The zero-order chi connectivity index (χ0) is 16.1. The molecule has 0 saturated heterocycles. The molecule has 2 heterocycles. The second-order valence-corrected chi connectivity index (χ2v) is 5.17. The number of aromatic nitrogens is 2. The summed E-state index contributed by atoms with van der Waals surface area (Å²) in [4.78, 5) is 20.5. The number of amides is 1. The van der Waals surface area contributed by atoms with Crippen molar-refractivity contribution in [1.29, 1.82) is 0 Å². The Balaban J connectivity index is 2.05. The van der Waals surface area contributed by atoms with Crippen LogP contribution in [0.25, 0.3) is 0 Å². The SMILES string of the molecule is CCN(CC)c1ccc(C(=O)N(C)Cc2cc(C)on2)cn1. The van der Waals surface area contributed by atoms with Crippen molar-refractivity contribution in [3.8, 4) is 0 Å². The quantitative estimate of drug-likeness (QED) is 0.820. The Bertz CT molecular complexity index is 617. The van der Waals surface area contributed by atoms with Crippen molar-refractivity contribution in [2.45, 2.75) is 27.3 Å². The number of pyridine rings is 1. The van der Waals surface area contributed by atoms with E-state index >= 15 is 0 Å². The lowest BCUT2D eigenvalue weighted by Crippen LogP contribution is -2.27. The number of carbonyl (C=O) groups is 1. The highest BCUT2D eigenvalue weighted by atomic mass is 16.5. The third-order valence-electron chi connectivity index (χ3n) is 3.50. The van der Waals surface area contributed by atoms with Crippen molar-refractivity contribution in [1.82, 2.24) is 15.0 Å². The summed E-state index contributed by atoms with van der Waals surface area (Å²) in [5.41, 5.74) is 1.31. The topological polar surface area (TPSA) is 62.5 Å². The highest BCUT2D eigenvalue weighted by Gasteiger charge is 2.15. The van der Waals surface area contributed by atoms with Crippen LogP contribution in [0.2, 0.25) is 0 Å². The van der Waals surface area contributed by atoms with Crippen LogP contribution in [0, 0.1) is 6.92 Å². The van der Waals surface area contributed by atoms with Crippen LogP contribution in [0.3, 0.4) is 0 Å². The van der Waals surface area contributed by atoms with Gasteiger partial charge in [0.1, 0.15) is 17.3 Å². The van der Waals surface area contributed by atoms with Crippen molar-refractivity contribution in [2.75, 3.05) is 25.0 Å². The van der Waals surface area contributed by atoms with Gasteiger partial charge in [-0.2, -0.15) is 0 Å². The zero-order valence-corrected chi connectivity index (χ0v) is 13.5. The van der Waals surface area contributed by atoms with Crippen LogP contribution in [0.4, 0.5) is 5.82 Å². The minimum absolute atomic E-state index is 0.0840. The Morgan fingerprint density at radius 3 is 2.50 bits per heavy atom. The van der Waals surface area contributed by atoms with Crippen LogP contribution >= 0.6 is 0 Å². The first-order chi connectivity index (χ1) is 10.5. The molecule has 6 nitrogen and oxygen atoms in total. The predicted molar refractivity (Wildman–Crippen MR) is 84.8 cm³/mol. The van der Waals surface area contributed by atoms with Gasteiger partial charge in [0.15, 0.2) is 0 Å². The van der Waals surface area contributed by atoms with Crippen LogP contribution in [-0.2, 0) is 6.54 Å². The van der Waals surface area contributed by atoms with Crippen LogP contribution < -0.4 is 4.90 Å². The molecule has 22 heavy (non-hydrogen) atoms. The van der Waals surface area contributed by atoms with Gasteiger partial charge >= 0.3 is 0 Å². The van der Waals surface area contributed by atoms with Gasteiger partial charge in [-0.25, -0.2) is 4.98 Å². The molecule has 0 aliphatic heterocycles. The smallest absolute Gasteiger partial charge is 0.255 e. The molecule has 118 valence electrons. The largest absolute Gasteiger partial charge is 0.361 e. The molecule has 0 saturated carbocycles. The number of aryl methyl sites for hydroxylation is 1. The number of carbonyl (C=O) groups excluding carboxylic acids is 1. The van der Waals surface area contributed by atoms with E-state index < -0.39 is 0 Å². The molecule has 0 aliphatic rings. The maximum atomic E-state index is 12.4. The van der Waals surface area contributed by atoms with Crippen molar-refractivity contribution in [2.24, 2.45) is 0 Å². The summed E-state index contributed by atoms with van der Waals surface area (Å²) in [7, 11) is 1.74. The van der Waals surface area contributed by atoms with E-state index in [1.165, 1.54) is 0 Å². The molecule has 1 amide bonds. The fraction of sp³-hybridized carbons (Fsp3) is 0.438. The van der Waals surface area contributed by atoms with Crippen molar-refractivity contribution in [3.63, 3.8) is 0 Å². The molecule has 0 aromatic carbocycles. The highest BCUT2D eigenvalue weighted by molar-refractivity contribution is 5.93. The molecule has 2 aromatic rings. The van der Waals surface area contributed by atoms with E-state index in [0.717, 1.165) is 30.4 Å². The second-order valence-electron chi connectivity index (χ2n) is 5.17. The second kappa shape index (κ2) is 7.06. The summed E-state index contributed by atoms with van der Waals surface area (Å²) in [5, 5.41) is 3.90. The molecule has 2 rings (SSSR count). The van der Waals surface area contributed by atoms with E-state index in [-0.39, 0.29) is 5.91 Å². The van der Waals surface area contributed by atoms with Crippen LogP contribution in [0.1, 0.15) is 35.7 Å². The molecule has 0 atom stereocenters. The van der Waals surface area contributed by atoms with Gasteiger partial charge in [0.2, 0.25) is 0 Å². The maximum absolute atomic E-state index is 12.4. The van der Waals surface area contributed by atoms with Crippen LogP contribution in [0.5, 0.6) is 0 Å². The molecular weight excluding hydrogens is 280 g/mol. The number of hydrogen-bond acceptors (Lipinski definition) is 5. The fourth-order valence-corrected chi connectivity index (χ4v) is 2.27. The van der Waals surface area contributed by atoms with Gasteiger partial charge in [-0.3, -0.25) is 4.79 Å². The van der Waals surface area contributed by atoms with E-state index in [2.05, 4.69) is 28.9 Å². The van der Waals surface area contributed by atoms with Gasteiger partial charge in [0.05, 0.1) is 12.1 Å². The monoisotopic (exact) mass is 302 g/mol. The molecule has 0 spiro atoms. The lowest BCUT2D eigenvalue weighted by molar-refractivity contribution is 0.0782. The normalized spacial score (nSPS) is 10.5. The molecule has 0 N–H and O–H groups in total. The van der Waals surface area contributed by atoms with Gasteiger partial charge in [-0.05, 0) is 32.9 Å². The summed E-state index contributed by atoms with van der Waals surface area (Å²) < 4.78 is 5.01. The number of nitrogens with zero attached hydrogens (tertiary/aromatic N) is 4. The average molecular weight is 302 g/mol. The number of anilines is 1. The minimum Gasteiger partial charge on any atom is -0.361 e. The summed E-state index contributed by atoms with van der Waals surface area (Å²) >= 11 is 0. The van der Waals surface area contributed by atoms with E-state index in [1.54, 1.807) is 18.1 Å². The summed E-state index contributed by atoms with van der Waals surface area (Å²) in [6.07, 6.45) is 1.63. The standard InChI is InChI=1S/C16H22N4O2/c1-5-20(6-2)15-8-7-13(10-17-15)16(21)19(4)11-14-9-12(3)22-18-14/h7-10H,5-6,11H2,1-4H3. The van der Waals surface area contributed by atoms with Gasteiger partial charge in [-0.1, -0.05) is 5.16 Å². The predicted octanol–water partition coefficient (Wildman–Crippen LogP) is 2.50. The Morgan fingerprint density at radius 2 is 2.00 bits per heavy atom. The van der Waals surface area contributed by atoms with Gasteiger partial charge in [0, 0.05) is 32.4 Å². The Labute approximate surface area is 130 Å². The van der Waals surface area contributed by atoms with Crippen molar-refractivity contribution >= 4 is 11.7 Å². The Kier molecular flexibility index (Phi) is 5.14. The van der Waals surface area contributed by atoms with Crippen LogP contribution in [-0.4, -0.2) is 41.1 Å². The number of hydrogen-bond donors (Lipinski definition) is 0. The number of rotatable bonds is 6. The third kappa shape index (κ3) is 3.63. The van der Waals surface area contributed by atoms with E-state index in [4.69, 9.17) is 4.52 Å². The molecule has 0 aliphatic carbocycles. The summed E-state index contributed by atoms with van der Waals surface area (Å²) in [5.74, 6) is 1.54. The molecule has 2 aromatic heterocycles. The van der Waals surface area contributed by atoms with Gasteiger partial charge < -0.3 is 14.3 Å². The first-order valence-corrected chi connectivity index (χ1v) is 7.43. The summed E-state index contributed by atoms with van der Waals surface area (Å²) in [6.45, 7) is 8.18. The van der Waals surface area contributed by atoms with Gasteiger partial charge in [0.25, 0.3) is 5.91 Å². The lowest BCUT2D eigenvalue weighted by Gasteiger charge is -2.20. The molecule has 0 fully saturated rings. The average Bonchev–Trinajstić information content (AvgIpc) is 2.93. The van der Waals surface area contributed by atoms with E-state index in [9.17, 15) is 4.79 Å². The molecule has 6 heteroatoms. The maximum Gasteiger partial charge on any atom is 0.255 e.